The number of para-hydroxylation sites is 1. The highest BCUT2D eigenvalue weighted by Crippen LogP contribution is 2.31. The van der Waals surface area contributed by atoms with E-state index in [9.17, 15) is 4.79 Å². The fraction of sp³-hybridized carbons (Fsp3) is 0.316. The number of halogens is 2. The molecular formula is C19H22BrClN2O2. The molecule has 0 spiro atoms. The lowest BCUT2D eigenvalue weighted by atomic mass is 10.1. The second-order valence-corrected chi connectivity index (χ2v) is 7.04. The van der Waals surface area contributed by atoms with Crippen molar-refractivity contribution in [3.63, 3.8) is 0 Å². The third-order valence-electron chi connectivity index (χ3n) is 4.17. The van der Waals surface area contributed by atoms with Gasteiger partial charge in [0.05, 0.1) is 5.56 Å². The largest absolute Gasteiger partial charge is 0.488 e. The SMILES string of the molecule is Cl.NC(CNC(=O)c1ccccc1OCc1ccc(Br)cc1)C1CC1. The third-order valence-corrected chi connectivity index (χ3v) is 4.69. The summed E-state index contributed by atoms with van der Waals surface area (Å²) in [5.74, 6) is 1.00. The number of nitrogens with one attached hydrogen (secondary N) is 1. The number of ether oxygens (including phenoxy) is 1. The normalized spacial score (nSPS) is 14.3. The molecule has 1 aliphatic rings. The number of carbonyl (C=O) groups is 1. The van der Waals surface area contributed by atoms with Gasteiger partial charge in [-0.15, -0.1) is 12.4 Å². The highest BCUT2D eigenvalue weighted by atomic mass is 79.9. The summed E-state index contributed by atoms with van der Waals surface area (Å²) in [7, 11) is 0. The molecule has 0 aliphatic heterocycles. The highest BCUT2D eigenvalue weighted by molar-refractivity contribution is 9.10. The zero-order valence-electron chi connectivity index (χ0n) is 13.8. The van der Waals surface area contributed by atoms with Crippen LogP contribution < -0.4 is 15.8 Å². The molecule has 1 saturated carbocycles. The molecule has 0 bridgehead atoms. The van der Waals surface area contributed by atoms with Gasteiger partial charge >= 0.3 is 0 Å². The Bertz CT molecular complexity index is 705. The van der Waals surface area contributed by atoms with Crippen LogP contribution in [0.3, 0.4) is 0 Å². The third kappa shape index (κ3) is 5.73. The van der Waals surface area contributed by atoms with Crippen LogP contribution in [0.15, 0.2) is 53.0 Å². The molecule has 0 radical (unpaired) electrons. The van der Waals surface area contributed by atoms with E-state index >= 15 is 0 Å². The van der Waals surface area contributed by atoms with Crippen molar-refractivity contribution in [1.29, 1.82) is 0 Å². The molecule has 2 aromatic carbocycles. The number of carbonyl (C=O) groups excluding carboxylic acids is 1. The van der Waals surface area contributed by atoms with Crippen molar-refractivity contribution in [2.75, 3.05) is 6.54 Å². The summed E-state index contributed by atoms with van der Waals surface area (Å²) in [5, 5.41) is 2.92. The van der Waals surface area contributed by atoms with Crippen LogP contribution in [0, 0.1) is 5.92 Å². The van der Waals surface area contributed by atoms with E-state index in [-0.39, 0.29) is 24.4 Å². The Morgan fingerprint density at radius 1 is 1.20 bits per heavy atom. The van der Waals surface area contributed by atoms with Crippen molar-refractivity contribution < 1.29 is 9.53 Å². The Morgan fingerprint density at radius 2 is 1.88 bits per heavy atom. The molecule has 2 aromatic rings. The summed E-state index contributed by atoms with van der Waals surface area (Å²) in [6, 6.07) is 15.2. The monoisotopic (exact) mass is 424 g/mol. The van der Waals surface area contributed by atoms with Crippen molar-refractivity contribution in [1.82, 2.24) is 5.32 Å². The zero-order valence-corrected chi connectivity index (χ0v) is 16.2. The second-order valence-electron chi connectivity index (χ2n) is 6.12. The number of hydrogen-bond donors (Lipinski definition) is 2. The van der Waals surface area contributed by atoms with Crippen molar-refractivity contribution in [2.45, 2.75) is 25.5 Å². The maximum atomic E-state index is 12.4. The van der Waals surface area contributed by atoms with Gasteiger partial charge in [0, 0.05) is 17.1 Å². The average molecular weight is 426 g/mol. The number of rotatable bonds is 7. The molecule has 1 atom stereocenters. The first-order valence-corrected chi connectivity index (χ1v) is 8.93. The van der Waals surface area contributed by atoms with Crippen molar-refractivity contribution in [3.8, 4) is 5.75 Å². The first-order chi connectivity index (χ1) is 11.6. The van der Waals surface area contributed by atoms with Crippen LogP contribution in [0.1, 0.15) is 28.8 Å². The molecule has 3 rings (SSSR count). The summed E-state index contributed by atoms with van der Waals surface area (Å²) in [5.41, 5.74) is 7.63. The van der Waals surface area contributed by atoms with Gasteiger partial charge in [0.1, 0.15) is 12.4 Å². The Labute approximate surface area is 162 Å². The maximum absolute atomic E-state index is 12.4. The molecule has 134 valence electrons. The number of amides is 1. The molecule has 1 amide bonds. The van der Waals surface area contributed by atoms with Gasteiger partial charge in [0.2, 0.25) is 0 Å². The van der Waals surface area contributed by atoms with Crippen LogP contribution in [0.2, 0.25) is 0 Å². The van der Waals surface area contributed by atoms with E-state index in [1.165, 1.54) is 12.8 Å². The van der Waals surface area contributed by atoms with Crippen molar-refractivity contribution in [2.24, 2.45) is 11.7 Å². The first-order valence-electron chi connectivity index (χ1n) is 8.13. The van der Waals surface area contributed by atoms with E-state index in [1.54, 1.807) is 6.07 Å². The minimum atomic E-state index is -0.141. The van der Waals surface area contributed by atoms with Gasteiger partial charge in [-0.3, -0.25) is 4.79 Å². The second kappa shape index (κ2) is 9.22. The molecule has 0 heterocycles. The molecule has 0 saturated heterocycles. The summed E-state index contributed by atoms with van der Waals surface area (Å²) in [4.78, 5) is 12.4. The van der Waals surface area contributed by atoms with E-state index in [0.29, 0.717) is 30.4 Å². The average Bonchev–Trinajstić information content (AvgIpc) is 3.44. The van der Waals surface area contributed by atoms with Crippen LogP contribution in [-0.2, 0) is 6.61 Å². The maximum Gasteiger partial charge on any atom is 0.255 e. The van der Waals surface area contributed by atoms with Crippen LogP contribution in [0.25, 0.3) is 0 Å². The molecule has 1 fully saturated rings. The van der Waals surface area contributed by atoms with E-state index < -0.39 is 0 Å². The van der Waals surface area contributed by atoms with Gasteiger partial charge in [-0.2, -0.15) is 0 Å². The topological polar surface area (TPSA) is 64.3 Å². The molecule has 1 unspecified atom stereocenters. The zero-order chi connectivity index (χ0) is 16.9. The lowest BCUT2D eigenvalue weighted by Gasteiger charge is -2.14. The standard InChI is InChI=1S/C19H21BrN2O2.ClH/c20-15-9-5-13(6-10-15)12-24-18-4-2-1-3-16(18)19(23)22-11-17(21)14-7-8-14;/h1-6,9-10,14,17H,7-8,11-12,21H2,(H,22,23);1H. The minimum absolute atomic E-state index is 0. The summed E-state index contributed by atoms with van der Waals surface area (Å²) < 4.78 is 6.87. The molecule has 4 nitrogen and oxygen atoms in total. The number of hydrogen-bond acceptors (Lipinski definition) is 3. The molecule has 0 aromatic heterocycles. The predicted molar refractivity (Wildman–Crippen MR) is 105 cm³/mol. The van der Waals surface area contributed by atoms with Gasteiger partial charge in [0.15, 0.2) is 0 Å². The lowest BCUT2D eigenvalue weighted by molar-refractivity contribution is 0.0945. The summed E-state index contributed by atoms with van der Waals surface area (Å²) in [6.45, 7) is 0.920. The quantitative estimate of drug-likeness (QED) is 0.707. The Kier molecular flexibility index (Phi) is 7.29. The Morgan fingerprint density at radius 3 is 2.56 bits per heavy atom. The van der Waals surface area contributed by atoms with E-state index in [4.69, 9.17) is 10.5 Å². The van der Waals surface area contributed by atoms with Gasteiger partial charge in [-0.1, -0.05) is 40.2 Å². The minimum Gasteiger partial charge on any atom is -0.488 e. The van der Waals surface area contributed by atoms with E-state index in [1.807, 2.05) is 42.5 Å². The van der Waals surface area contributed by atoms with Gasteiger partial charge in [0.25, 0.3) is 5.91 Å². The lowest BCUT2D eigenvalue weighted by Crippen LogP contribution is -2.38. The number of nitrogens with two attached hydrogens (primary N) is 1. The van der Waals surface area contributed by atoms with Crippen LogP contribution >= 0.6 is 28.3 Å². The van der Waals surface area contributed by atoms with Gasteiger partial charge in [-0.25, -0.2) is 0 Å². The van der Waals surface area contributed by atoms with E-state index in [0.717, 1.165) is 10.0 Å². The summed E-state index contributed by atoms with van der Waals surface area (Å²) >= 11 is 3.41. The van der Waals surface area contributed by atoms with E-state index in [2.05, 4.69) is 21.2 Å². The van der Waals surface area contributed by atoms with Crippen LogP contribution in [-0.4, -0.2) is 18.5 Å². The molecule has 25 heavy (non-hydrogen) atoms. The fourth-order valence-electron chi connectivity index (χ4n) is 2.52. The van der Waals surface area contributed by atoms with Gasteiger partial charge in [-0.05, 0) is 48.6 Å². The molecular weight excluding hydrogens is 404 g/mol. The molecule has 3 N–H and O–H groups in total. The Balaban J connectivity index is 0.00000225. The van der Waals surface area contributed by atoms with Crippen molar-refractivity contribution >= 4 is 34.2 Å². The van der Waals surface area contributed by atoms with Crippen LogP contribution in [0.5, 0.6) is 5.75 Å². The van der Waals surface area contributed by atoms with Gasteiger partial charge < -0.3 is 15.8 Å². The molecule has 1 aliphatic carbocycles. The number of benzene rings is 2. The predicted octanol–water partition coefficient (Wildman–Crippen LogP) is 3.92. The Hall–Kier alpha value is -1.56. The van der Waals surface area contributed by atoms with Crippen LogP contribution in [0.4, 0.5) is 0 Å². The van der Waals surface area contributed by atoms with Crippen molar-refractivity contribution in [3.05, 3.63) is 64.1 Å². The molecule has 6 heteroatoms. The first kappa shape index (κ1) is 19.8. The fourth-order valence-corrected chi connectivity index (χ4v) is 2.78. The smallest absolute Gasteiger partial charge is 0.255 e. The summed E-state index contributed by atoms with van der Waals surface area (Å²) in [6.07, 6.45) is 2.34. The highest BCUT2D eigenvalue weighted by Gasteiger charge is 2.28.